The van der Waals surface area contributed by atoms with E-state index in [9.17, 15) is 4.39 Å². The second-order valence-electron chi connectivity index (χ2n) is 4.10. The predicted octanol–water partition coefficient (Wildman–Crippen LogP) is 1.37. The quantitative estimate of drug-likeness (QED) is 0.580. The number of piperazine rings is 1. The molecule has 0 radical (unpaired) electrons. The molecule has 1 aromatic heterocycles. The predicted molar refractivity (Wildman–Crippen MR) is 66.3 cm³/mol. The highest BCUT2D eigenvalue weighted by molar-refractivity contribution is 5.38. The molecule has 0 saturated carbocycles. The summed E-state index contributed by atoms with van der Waals surface area (Å²) in [5, 5.41) is 0. The minimum Gasteiger partial charge on any atom is -0.354 e. The molecule has 0 unspecified atom stereocenters. The van der Waals surface area contributed by atoms with Gasteiger partial charge in [0.1, 0.15) is 5.82 Å². The van der Waals surface area contributed by atoms with Gasteiger partial charge in [0.15, 0.2) is 0 Å². The molecule has 0 aromatic carbocycles. The van der Waals surface area contributed by atoms with Gasteiger partial charge in [0, 0.05) is 39.1 Å². The van der Waals surface area contributed by atoms with Gasteiger partial charge in [-0.25, -0.2) is 4.98 Å². The van der Waals surface area contributed by atoms with Gasteiger partial charge in [-0.1, -0.05) is 6.07 Å². The molecule has 0 aliphatic carbocycles. The number of halogens is 1. The Balaban J connectivity index is 1.89. The average Bonchev–Trinajstić information content (AvgIpc) is 2.37. The van der Waals surface area contributed by atoms with E-state index in [1.807, 2.05) is 6.07 Å². The summed E-state index contributed by atoms with van der Waals surface area (Å²) in [7, 11) is 0. The van der Waals surface area contributed by atoms with Gasteiger partial charge in [0.05, 0.1) is 0 Å². The topological polar surface area (TPSA) is 19.4 Å². The Kier molecular flexibility index (Phi) is 3.94. The number of terminal acetylenes is 1. The number of nitrogens with zero attached hydrogens (tertiary/aromatic N) is 3. The van der Waals surface area contributed by atoms with Crippen molar-refractivity contribution in [2.45, 2.75) is 6.42 Å². The molecule has 4 heteroatoms. The van der Waals surface area contributed by atoms with Gasteiger partial charge in [0.2, 0.25) is 5.95 Å². The fraction of sp³-hybridized carbons (Fsp3) is 0.462. The van der Waals surface area contributed by atoms with Crippen molar-refractivity contribution in [3.05, 3.63) is 24.1 Å². The van der Waals surface area contributed by atoms with E-state index in [-0.39, 0.29) is 0 Å². The molecule has 1 fully saturated rings. The lowest BCUT2D eigenvalue weighted by Crippen LogP contribution is -2.46. The van der Waals surface area contributed by atoms with Gasteiger partial charge >= 0.3 is 0 Å². The highest BCUT2D eigenvalue weighted by Crippen LogP contribution is 2.13. The first kappa shape index (κ1) is 11.9. The van der Waals surface area contributed by atoms with Crippen LogP contribution in [0.4, 0.5) is 10.2 Å². The number of rotatable bonds is 3. The zero-order valence-electron chi connectivity index (χ0n) is 9.77. The fourth-order valence-corrected chi connectivity index (χ4v) is 2.00. The Morgan fingerprint density at radius 2 is 2.06 bits per heavy atom. The van der Waals surface area contributed by atoms with E-state index >= 15 is 0 Å². The SMILES string of the molecule is C#CCCN1CCN(c2cccc(F)n2)CC1. The third kappa shape index (κ3) is 3.18. The van der Waals surface area contributed by atoms with Crippen LogP contribution in [-0.4, -0.2) is 42.6 Å². The number of pyridine rings is 1. The Morgan fingerprint density at radius 1 is 1.29 bits per heavy atom. The van der Waals surface area contributed by atoms with E-state index in [4.69, 9.17) is 6.42 Å². The molecule has 0 bridgehead atoms. The first-order valence-corrected chi connectivity index (χ1v) is 5.83. The largest absolute Gasteiger partial charge is 0.354 e. The van der Waals surface area contributed by atoms with E-state index in [1.165, 1.54) is 6.07 Å². The van der Waals surface area contributed by atoms with Crippen molar-refractivity contribution >= 4 is 5.82 Å². The smallest absolute Gasteiger partial charge is 0.214 e. The van der Waals surface area contributed by atoms with Crippen LogP contribution in [0.1, 0.15) is 6.42 Å². The minimum absolute atomic E-state index is 0.419. The van der Waals surface area contributed by atoms with Crippen molar-refractivity contribution in [2.24, 2.45) is 0 Å². The maximum absolute atomic E-state index is 13.0. The molecule has 17 heavy (non-hydrogen) atoms. The van der Waals surface area contributed by atoms with Crippen molar-refractivity contribution in [3.63, 3.8) is 0 Å². The summed E-state index contributed by atoms with van der Waals surface area (Å²) in [6, 6.07) is 4.91. The Hall–Kier alpha value is -1.60. The number of hydrogen-bond donors (Lipinski definition) is 0. The summed E-state index contributed by atoms with van der Waals surface area (Å²) in [6.45, 7) is 4.61. The number of aromatic nitrogens is 1. The standard InChI is InChI=1S/C13H16FN3/c1-2-3-7-16-8-10-17(11-9-16)13-6-4-5-12(14)15-13/h1,4-6H,3,7-11H2. The van der Waals surface area contributed by atoms with E-state index in [2.05, 4.69) is 20.7 Å². The lowest BCUT2D eigenvalue weighted by molar-refractivity contribution is 0.263. The molecule has 1 aliphatic rings. The second kappa shape index (κ2) is 5.65. The van der Waals surface area contributed by atoms with Crippen LogP contribution in [0.3, 0.4) is 0 Å². The van der Waals surface area contributed by atoms with Gasteiger partial charge in [-0.2, -0.15) is 4.39 Å². The molecule has 0 spiro atoms. The Labute approximate surface area is 101 Å². The first-order chi connectivity index (χ1) is 8.29. The molecule has 1 aliphatic heterocycles. The molecule has 2 heterocycles. The molecular formula is C13H16FN3. The Bertz CT molecular complexity index is 405. The van der Waals surface area contributed by atoms with Crippen LogP contribution in [-0.2, 0) is 0 Å². The van der Waals surface area contributed by atoms with Crippen molar-refractivity contribution in [1.82, 2.24) is 9.88 Å². The van der Waals surface area contributed by atoms with E-state index in [1.54, 1.807) is 6.07 Å². The third-order valence-electron chi connectivity index (χ3n) is 2.97. The van der Waals surface area contributed by atoms with E-state index < -0.39 is 5.95 Å². The molecule has 3 nitrogen and oxygen atoms in total. The minimum atomic E-state index is -0.419. The zero-order valence-corrected chi connectivity index (χ0v) is 9.77. The normalized spacial score (nSPS) is 16.8. The van der Waals surface area contributed by atoms with Crippen molar-refractivity contribution in [1.29, 1.82) is 0 Å². The summed E-state index contributed by atoms with van der Waals surface area (Å²) in [5.74, 6) is 2.95. The van der Waals surface area contributed by atoms with E-state index in [0.717, 1.165) is 45.0 Å². The highest BCUT2D eigenvalue weighted by atomic mass is 19.1. The van der Waals surface area contributed by atoms with Crippen LogP contribution in [0.5, 0.6) is 0 Å². The van der Waals surface area contributed by atoms with Crippen LogP contribution in [0.15, 0.2) is 18.2 Å². The zero-order chi connectivity index (χ0) is 12.1. The summed E-state index contributed by atoms with van der Waals surface area (Å²) in [4.78, 5) is 8.33. The van der Waals surface area contributed by atoms with Crippen LogP contribution >= 0.6 is 0 Å². The highest BCUT2D eigenvalue weighted by Gasteiger charge is 2.17. The van der Waals surface area contributed by atoms with E-state index in [0.29, 0.717) is 0 Å². The first-order valence-electron chi connectivity index (χ1n) is 5.83. The molecular weight excluding hydrogens is 217 g/mol. The summed E-state index contributed by atoms with van der Waals surface area (Å²) in [6.07, 6.45) is 6.03. The lowest BCUT2D eigenvalue weighted by atomic mass is 10.3. The molecule has 1 saturated heterocycles. The lowest BCUT2D eigenvalue weighted by Gasteiger charge is -2.35. The third-order valence-corrected chi connectivity index (χ3v) is 2.97. The maximum atomic E-state index is 13.0. The van der Waals surface area contributed by atoms with Crippen molar-refractivity contribution in [2.75, 3.05) is 37.6 Å². The summed E-state index contributed by atoms with van der Waals surface area (Å²) in [5.41, 5.74) is 0. The molecule has 0 N–H and O–H groups in total. The van der Waals surface area contributed by atoms with Crippen LogP contribution < -0.4 is 4.90 Å². The van der Waals surface area contributed by atoms with Gasteiger partial charge in [-0.05, 0) is 12.1 Å². The average molecular weight is 233 g/mol. The molecule has 90 valence electrons. The number of anilines is 1. The van der Waals surface area contributed by atoms with Crippen LogP contribution in [0.2, 0.25) is 0 Å². The van der Waals surface area contributed by atoms with Crippen molar-refractivity contribution < 1.29 is 4.39 Å². The van der Waals surface area contributed by atoms with Crippen molar-refractivity contribution in [3.8, 4) is 12.3 Å². The Morgan fingerprint density at radius 3 is 2.71 bits per heavy atom. The second-order valence-corrected chi connectivity index (χ2v) is 4.10. The fourth-order valence-electron chi connectivity index (χ4n) is 2.00. The molecule has 2 rings (SSSR count). The van der Waals surface area contributed by atoms with Gasteiger partial charge < -0.3 is 4.90 Å². The monoisotopic (exact) mass is 233 g/mol. The van der Waals surface area contributed by atoms with Gasteiger partial charge in [0.25, 0.3) is 0 Å². The van der Waals surface area contributed by atoms with Crippen LogP contribution in [0, 0.1) is 18.3 Å². The molecule has 0 atom stereocenters. The summed E-state index contributed by atoms with van der Waals surface area (Å²) < 4.78 is 13.0. The molecule has 0 amide bonds. The number of hydrogen-bond acceptors (Lipinski definition) is 3. The molecule has 1 aromatic rings. The van der Waals surface area contributed by atoms with Crippen LogP contribution in [0.25, 0.3) is 0 Å². The van der Waals surface area contributed by atoms with Gasteiger partial charge in [-0.3, -0.25) is 4.90 Å². The maximum Gasteiger partial charge on any atom is 0.214 e. The van der Waals surface area contributed by atoms with Gasteiger partial charge in [-0.15, -0.1) is 12.3 Å². The summed E-state index contributed by atoms with van der Waals surface area (Å²) >= 11 is 0.